The lowest BCUT2D eigenvalue weighted by Gasteiger charge is -2.34. The van der Waals surface area contributed by atoms with Crippen LogP contribution in [0, 0.1) is 5.82 Å². The van der Waals surface area contributed by atoms with E-state index in [9.17, 15) is 4.39 Å². The van der Waals surface area contributed by atoms with Gasteiger partial charge in [0.15, 0.2) is 0 Å². The van der Waals surface area contributed by atoms with Gasteiger partial charge in [-0.3, -0.25) is 9.80 Å². The van der Waals surface area contributed by atoms with Gasteiger partial charge in [0.1, 0.15) is 5.82 Å². The molecule has 0 unspecified atom stereocenters. The highest BCUT2D eigenvalue weighted by Crippen LogP contribution is 2.19. The minimum atomic E-state index is -0.242. The van der Waals surface area contributed by atoms with Gasteiger partial charge >= 0.3 is 0 Å². The number of aliphatic hydroxyl groups is 1. The van der Waals surface area contributed by atoms with Gasteiger partial charge in [-0.1, -0.05) is 11.6 Å². The predicted molar refractivity (Wildman–Crippen MR) is 70.2 cm³/mol. The molecule has 1 N–H and O–H groups in total. The number of benzene rings is 1. The summed E-state index contributed by atoms with van der Waals surface area (Å²) in [6.07, 6.45) is 0. The Morgan fingerprint density at radius 2 is 1.83 bits per heavy atom. The normalized spacial score (nSPS) is 18.2. The second kappa shape index (κ2) is 6.48. The van der Waals surface area contributed by atoms with Gasteiger partial charge in [-0.15, -0.1) is 0 Å². The SMILES string of the molecule is OCCN1CCN(Cc2cc(F)ccc2Cl)CC1. The summed E-state index contributed by atoms with van der Waals surface area (Å²) in [7, 11) is 0. The topological polar surface area (TPSA) is 26.7 Å². The van der Waals surface area contributed by atoms with Crippen LogP contribution in [-0.2, 0) is 6.54 Å². The Labute approximate surface area is 112 Å². The van der Waals surface area contributed by atoms with E-state index in [-0.39, 0.29) is 12.4 Å². The van der Waals surface area contributed by atoms with Crippen molar-refractivity contribution in [2.45, 2.75) is 6.54 Å². The zero-order valence-corrected chi connectivity index (χ0v) is 11.0. The largest absolute Gasteiger partial charge is 0.395 e. The lowest BCUT2D eigenvalue weighted by atomic mass is 10.2. The van der Waals surface area contributed by atoms with Crippen LogP contribution in [0.15, 0.2) is 18.2 Å². The van der Waals surface area contributed by atoms with Crippen molar-refractivity contribution in [3.8, 4) is 0 Å². The summed E-state index contributed by atoms with van der Waals surface area (Å²) in [6.45, 7) is 5.34. The lowest BCUT2D eigenvalue weighted by molar-refractivity contribution is 0.108. The second-order valence-electron chi connectivity index (χ2n) is 4.58. The average Bonchev–Trinajstić information content (AvgIpc) is 2.37. The van der Waals surface area contributed by atoms with Crippen LogP contribution in [0.4, 0.5) is 4.39 Å². The maximum Gasteiger partial charge on any atom is 0.123 e. The first-order chi connectivity index (χ1) is 8.69. The smallest absolute Gasteiger partial charge is 0.123 e. The number of rotatable bonds is 4. The summed E-state index contributed by atoms with van der Waals surface area (Å²) in [6, 6.07) is 4.49. The minimum absolute atomic E-state index is 0.204. The molecule has 5 heteroatoms. The summed E-state index contributed by atoms with van der Waals surface area (Å²) in [4.78, 5) is 4.48. The molecule has 2 rings (SSSR count). The van der Waals surface area contributed by atoms with Crippen LogP contribution in [-0.4, -0.2) is 54.2 Å². The first kappa shape index (κ1) is 13.7. The lowest BCUT2D eigenvalue weighted by Crippen LogP contribution is -2.46. The summed E-state index contributed by atoms with van der Waals surface area (Å²) in [5, 5.41) is 9.49. The Bertz CT molecular complexity index is 395. The number of piperazine rings is 1. The molecule has 0 amide bonds. The van der Waals surface area contributed by atoms with Crippen molar-refractivity contribution in [3.63, 3.8) is 0 Å². The van der Waals surface area contributed by atoms with Crippen LogP contribution in [0.3, 0.4) is 0 Å². The highest BCUT2D eigenvalue weighted by molar-refractivity contribution is 6.31. The van der Waals surface area contributed by atoms with Crippen LogP contribution in [0.25, 0.3) is 0 Å². The third-order valence-electron chi connectivity index (χ3n) is 3.28. The monoisotopic (exact) mass is 272 g/mol. The summed E-state index contributed by atoms with van der Waals surface area (Å²) in [5.74, 6) is -0.242. The summed E-state index contributed by atoms with van der Waals surface area (Å²) in [5.41, 5.74) is 0.840. The Morgan fingerprint density at radius 1 is 1.17 bits per heavy atom. The van der Waals surface area contributed by atoms with E-state index in [1.165, 1.54) is 12.1 Å². The van der Waals surface area contributed by atoms with E-state index < -0.39 is 0 Å². The van der Waals surface area contributed by atoms with Crippen LogP contribution >= 0.6 is 11.6 Å². The molecule has 1 saturated heterocycles. The molecule has 0 bridgehead atoms. The van der Waals surface area contributed by atoms with E-state index in [1.54, 1.807) is 6.07 Å². The molecule has 3 nitrogen and oxygen atoms in total. The van der Waals surface area contributed by atoms with Crippen molar-refractivity contribution in [1.29, 1.82) is 0 Å². The molecule has 0 atom stereocenters. The summed E-state index contributed by atoms with van der Waals surface area (Å²) >= 11 is 6.06. The zero-order chi connectivity index (χ0) is 13.0. The van der Waals surface area contributed by atoms with E-state index in [1.807, 2.05) is 0 Å². The fraction of sp³-hybridized carbons (Fsp3) is 0.538. The van der Waals surface area contributed by atoms with Crippen LogP contribution in [0.2, 0.25) is 5.02 Å². The van der Waals surface area contributed by atoms with Gasteiger partial charge in [0.05, 0.1) is 6.61 Å². The van der Waals surface area contributed by atoms with Gasteiger partial charge in [-0.05, 0) is 23.8 Å². The molecule has 1 fully saturated rings. The van der Waals surface area contributed by atoms with Crippen LogP contribution in [0.1, 0.15) is 5.56 Å². The maximum absolute atomic E-state index is 13.2. The van der Waals surface area contributed by atoms with Gasteiger partial charge in [-0.2, -0.15) is 0 Å². The van der Waals surface area contributed by atoms with Gasteiger partial charge < -0.3 is 5.11 Å². The van der Waals surface area contributed by atoms with Crippen LogP contribution < -0.4 is 0 Å². The Morgan fingerprint density at radius 3 is 2.50 bits per heavy atom. The molecule has 0 saturated carbocycles. The molecule has 0 aliphatic carbocycles. The maximum atomic E-state index is 13.2. The molecule has 0 aromatic heterocycles. The summed E-state index contributed by atoms with van der Waals surface area (Å²) < 4.78 is 13.2. The van der Waals surface area contributed by atoms with Crippen molar-refractivity contribution in [2.24, 2.45) is 0 Å². The highest BCUT2D eigenvalue weighted by atomic mass is 35.5. The molecule has 1 aliphatic heterocycles. The molecule has 18 heavy (non-hydrogen) atoms. The highest BCUT2D eigenvalue weighted by Gasteiger charge is 2.17. The third kappa shape index (κ3) is 3.65. The Hall–Kier alpha value is -0.680. The number of hydrogen-bond acceptors (Lipinski definition) is 3. The first-order valence-electron chi connectivity index (χ1n) is 6.18. The number of aliphatic hydroxyl groups excluding tert-OH is 1. The van der Waals surface area contributed by atoms with Crippen molar-refractivity contribution in [1.82, 2.24) is 9.80 Å². The molecular weight excluding hydrogens is 255 g/mol. The number of β-amino-alcohol motifs (C(OH)–C–C–N with tert-alkyl or cyclic N) is 1. The Balaban J connectivity index is 1.89. The average molecular weight is 273 g/mol. The van der Waals surface area contributed by atoms with Crippen molar-refractivity contribution in [2.75, 3.05) is 39.3 Å². The zero-order valence-electron chi connectivity index (χ0n) is 10.3. The number of hydrogen-bond donors (Lipinski definition) is 1. The second-order valence-corrected chi connectivity index (χ2v) is 4.98. The first-order valence-corrected chi connectivity index (χ1v) is 6.56. The number of nitrogens with zero attached hydrogens (tertiary/aromatic N) is 2. The van der Waals surface area contributed by atoms with E-state index in [2.05, 4.69) is 9.80 Å². The molecule has 0 radical (unpaired) electrons. The molecule has 0 spiro atoms. The van der Waals surface area contributed by atoms with Gasteiger partial charge in [-0.25, -0.2) is 4.39 Å². The molecule has 1 heterocycles. The van der Waals surface area contributed by atoms with E-state index in [4.69, 9.17) is 16.7 Å². The molecule has 1 aliphatic rings. The van der Waals surface area contributed by atoms with Crippen molar-refractivity contribution < 1.29 is 9.50 Å². The molecular formula is C13H18ClFN2O. The van der Waals surface area contributed by atoms with Crippen LogP contribution in [0.5, 0.6) is 0 Å². The van der Waals surface area contributed by atoms with Crippen molar-refractivity contribution in [3.05, 3.63) is 34.6 Å². The Kier molecular flexibility index (Phi) is 4.95. The molecule has 100 valence electrons. The molecule has 1 aromatic rings. The van der Waals surface area contributed by atoms with E-state index in [0.717, 1.165) is 38.3 Å². The van der Waals surface area contributed by atoms with Gasteiger partial charge in [0, 0.05) is 44.3 Å². The fourth-order valence-corrected chi connectivity index (χ4v) is 2.40. The van der Waals surface area contributed by atoms with E-state index >= 15 is 0 Å². The minimum Gasteiger partial charge on any atom is -0.395 e. The third-order valence-corrected chi connectivity index (χ3v) is 3.65. The number of halogens is 2. The standard InChI is InChI=1S/C13H18ClFN2O/c14-13-2-1-12(15)9-11(13)10-17-5-3-16(4-6-17)7-8-18/h1-2,9,18H,3-8,10H2. The van der Waals surface area contributed by atoms with Crippen molar-refractivity contribution >= 4 is 11.6 Å². The van der Waals surface area contributed by atoms with Gasteiger partial charge in [0.2, 0.25) is 0 Å². The molecule has 1 aromatic carbocycles. The van der Waals surface area contributed by atoms with Gasteiger partial charge in [0.25, 0.3) is 0 Å². The quantitative estimate of drug-likeness (QED) is 0.902. The predicted octanol–water partition coefficient (Wildman–Crippen LogP) is 1.59. The van der Waals surface area contributed by atoms with E-state index in [0.29, 0.717) is 11.6 Å². The fourth-order valence-electron chi connectivity index (χ4n) is 2.22.